The summed E-state index contributed by atoms with van der Waals surface area (Å²) in [5.74, 6) is 1.22. The highest BCUT2D eigenvalue weighted by atomic mass is 16.5. The first-order valence-corrected chi connectivity index (χ1v) is 10.8. The van der Waals surface area contributed by atoms with Crippen LogP contribution in [0.2, 0.25) is 0 Å². The normalized spacial score (nSPS) is 11.9. The molecule has 2 aromatic carbocycles. The third-order valence-electron chi connectivity index (χ3n) is 5.71. The molecule has 0 bridgehead atoms. The van der Waals surface area contributed by atoms with Crippen molar-refractivity contribution in [2.24, 2.45) is 0 Å². The number of fused-ring (bicyclic) bond motifs is 1. The number of nitrogens with zero attached hydrogens (tertiary/aromatic N) is 3. The summed E-state index contributed by atoms with van der Waals surface area (Å²) in [5.41, 5.74) is 5.71. The summed E-state index contributed by atoms with van der Waals surface area (Å²) in [4.78, 5) is 17.5. The first-order valence-electron chi connectivity index (χ1n) is 10.8. The van der Waals surface area contributed by atoms with Crippen molar-refractivity contribution in [3.8, 4) is 22.6 Å². The van der Waals surface area contributed by atoms with Crippen LogP contribution in [0.1, 0.15) is 29.8 Å². The van der Waals surface area contributed by atoms with Crippen LogP contribution in [0.25, 0.3) is 22.2 Å². The molecule has 0 radical (unpaired) electrons. The van der Waals surface area contributed by atoms with Gasteiger partial charge in [-0.05, 0) is 56.2 Å². The number of methoxy groups -OCH3 is 2. The van der Waals surface area contributed by atoms with Gasteiger partial charge in [-0.2, -0.15) is 5.10 Å². The van der Waals surface area contributed by atoms with E-state index in [-0.39, 0.29) is 18.5 Å². The molecule has 2 heterocycles. The van der Waals surface area contributed by atoms with E-state index in [1.54, 1.807) is 25.1 Å². The van der Waals surface area contributed by atoms with Crippen LogP contribution in [0.3, 0.4) is 0 Å². The smallest absolute Gasteiger partial charge is 0.242 e. The highest BCUT2D eigenvalue weighted by molar-refractivity contribution is 5.95. The molecule has 170 valence electrons. The summed E-state index contributed by atoms with van der Waals surface area (Å²) >= 11 is 0. The lowest BCUT2D eigenvalue weighted by Crippen LogP contribution is -2.30. The van der Waals surface area contributed by atoms with Gasteiger partial charge in [0, 0.05) is 17.1 Å². The van der Waals surface area contributed by atoms with Crippen LogP contribution in [0.15, 0.2) is 54.7 Å². The van der Waals surface area contributed by atoms with E-state index in [1.165, 1.54) is 5.56 Å². The SMILES string of the molecule is COc1ccc(OC)c(C(C)NC(=O)Cn2nc(C)c3c(-c4cccc(C)c4)ccnc32)c1. The molecule has 33 heavy (non-hydrogen) atoms. The quantitative estimate of drug-likeness (QED) is 0.450. The van der Waals surface area contributed by atoms with Gasteiger partial charge >= 0.3 is 0 Å². The molecule has 7 nitrogen and oxygen atoms in total. The molecule has 4 rings (SSSR count). The van der Waals surface area contributed by atoms with Crippen LogP contribution >= 0.6 is 0 Å². The second-order valence-corrected chi connectivity index (χ2v) is 8.07. The van der Waals surface area contributed by atoms with Gasteiger partial charge in [-0.1, -0.05) is 29.8 Å². The summed E-state index contributed by atoms with van der Waals surface area (Å²) in [6.45, 7) is 5.99. The number of hydrogen-bond donors (Lipinski definition) is 1. The molecule has 0 aliphatic rings. The van der Waals surface area contributed by atoms with Crippen LogP contribution in [-0.4, -0.2) is 34.9 Å². The Morgan fingerprint density at radius 2 is 1.91 bits per heavy atom. The number of pyridine rings is 1. The number of benzene rings is 2. The Balaban J connectivity index is 1.60. The van der Waals surface area contributed by atoms with E-state index in [9.17, 15) is 4.79 Å². The molecular formula is C26H28N4O3. The molecule has 0 saturated carbocycles. The zero-order valence-electron chi connectivity index (χ0n) is 19.5. The first-order chi connectivity index (χ1) is 15.9. The molecule has 1 N–H and O–H groups in total. The Hall–Kier alpha value is -3.87. The van der Waals surface area contributed by atoms with Crippen molar-refractivity contribution >= 4 is 16.9 Å². The molecule has 0 aliphatic carbocycles. The fourth-order valence-corrected chi connectivity index (χ4v) is 4.12. The average molecular weight is 445 g/mol. The minimum atomic E-state index is -0.277. The van der Waals surface area contributed by atoms with Crippen LogP contribution in [-0.2, 0) is 11.3 Å². The predicted octanol–water partition coefficient (Wildman–Crippen LogP) is 4.61. The fraction of sp³-hybridized carbons (Fsp3) is 0.269. The third-order valence-corrected chi connectivity index (χ3v) is 5.71. The minimum absolute atomic E-state index is 0.0607. The number of carbonyl (C=O) groups excluding carboxylic acids is 1. The van der Waals surface area contributed by atoms with Gasteiger partial charge in [-0.3, -0.25) is 4.79 Å². The van der Waals surface area contributed by atoms with Crippen molar-refractivity contribution in [3.63, 3.8) is 0 Å². The maximum absolute atomic E-state index is 12.9. The monoisotopic (exact) mass is 444 g/mol. The Bertz CT molecular complexity index is 1310. The zero-order chi connectivity index (χ0) is 23.5. The lowest BCUT2D eigenvalue weighted by molar-refractivity contribution is -0.122. The van der Waals surface area contributed by atoms with Crippen LogP contribution in [0.4, 0.5) is 0 Å². The van der Waals surface area contributed by atoms with E-state index in [4.69, 9.17) is 9.47 Å². The standard InChI is InChI=1S/C26H28N4O3/c1-16-7-6-8-19(13-16)21-11-12-27-26-25(21)18(3)29-30(26)15-24(31)28-17(2)22-14-20(32-4)9-10-23(22)33-5/h6-14,17H,15H2,1-5H3,(H,28,31). The highest BCUT2D eigenvalue weighted by Gasteiger charge is 2.19. The second kappa shape index (κ2) is 9.32. The molecule has 0 aliphatic heterocycles. The molecule has 0 saturated heterocycles. The van der Waals surface area contributed by atoms with E-state index in [1.807, 2.05) is 44.2 Å². The molecular weight excluding hydrogens is 416 g/mol. The van der Waals surface area contributed by atoms with Gasteiger partial charge in [0.1, 0.15) is 18.0 Å². The van der Waals surface area contributed by atoms with Crippen molar-refractivity contribution in [1.29, 1.82) is 0 Å². The molecule has 1 atom stereocenters. The number of ether oxygens (including phenoxy) is 2. The average Bonchev–Trinajstić information content (AvgIpc) is 3.13. The van der Waals surface area contributed by atoms with Crippen LogP contribution < -0.4 is 14.8 Å². The van der Waals surface area contributed by atoms with Crippen molar-refractivity contribution < 1.29 is 14.3 Å². The Morgan fingerprint density at radius 3 is 2.64 bits per heavy atom. The van der Waals surface area contributed by atoms with Crippen molar-refractivity contribution in [3.05, 3.63) is 71.5 Å². The number of rotatable bonds is 7. The molecule has 1 amide bonds. The number of aryl methyl sites for hydroxylation is 2. The highest BCUT2D eigenvalue weighted by Crippen LogP contribution is 2.31. The van der Waals surface area contributed by atoms with E-state index >= 15 is 0 Å². The van der Waals surface area contributed by atoms with Gasteiger partial charge in [-0.15, -0.1) is 0 Å². The van der Waals surface area contributed by atoms with Crippen LogP contribution in [0.5, 0.6) is 11.5 Å². The van der Waals surface area contributed by atoms with Crippen molar-refractivity contribution in [2.75, 3.05) is 14.2 Å². The zero-order valence-corrected chi connectivity index (χ0v) is 19.5. The molecule has 0 spiro atoms. The second-order valence-electron chi connectivity index (χ2n) is 8.07. The Labute approximate surface area is 193 Å². The molecule has 2 aromatic heterocycles. The van der Waals surface area contributed by atoms with E-state index in [0.717, 1.165) is 27.8 Å². The van der Waals surface area contributed by atoms with Gasteiger partial charge in [0.25, 0.3) is 0 Å². The lowest BCUT2D eigenvalue weighted by Gasteiger charge is -2.18. The van der Waals surface area contributed by atoms with Crippen molar-refractivity contribution in [2.45, 2.75) is 33.4 Å². The predicted molar refractivity (Wildman–Crippen MR) is 129 cm³/mol. The molecule has 0 fully saturated rings. The molecule has 1 unspecified atom stereocenters. The largest absolute Gasteiger partial charge is 0.497 e. The number of hydrogen-bond acceptors (Lipinski definition) is 5. The third kappa shape index (κ3) is 4.53. The minimum Gasteiger partial charge on any atom is -0.497 e. The van der Waals surface area contributed by atoms with Gasteiger partial charge in [0.15, 0.2) is 5.65 Å². The number of nitrogens with one attached hydrogen (secondary N) is 1. The van der Waals surface area contributed by atoms with Crippen molar-refractivity contribution in [1.82, 2.24) is 20.1 Å². The summed E-state index contributed by atoms with van der Waals surface area (Å²) in [6.07, 6.45) is 1.76. The lowest BCUT2D eigenvalue weighted by atomic mass is 10.0. The Kier molecular flexibility index (Phi) is 6.31. The number of carbonyl (C=O) groups is 1. The molecule has 7 heteroatoms. The number of aromatic nitrogens is 3. The summed E-state index contributed by atoms with van der Waals surface area (Å²) in [6, 6.07) is 15.6. The van der Waals surface area contributed by atoms with E-state index in [0.29, 0.717) is 17.1 Å². The maximum Gasteiger partial charge on any atom is 0.242 e. The molecule has 4 aromatic rings. The summed E-state index contributed by atoms with van der Waals surface area (Å²) in [7, 11) is 3.22. The maximum atomic E-state index is 12.9. The first kappa shape index (κ1) is 22.3. The van der Waals surface area contributed by atoms with Gasteiger partial charge in [0.05, 0.1) is 26.0 Å². The summed E-state index contributed by atoms with van der Waals surface area (Å²) < 4.78 is 12.4. The fourth-order valence-electron chi connectivity index (χ4n) is 4.12. The number of amides is 1. The van der Waals surface area contributed by atoms with Gasteiger partial charge in [-0.25, -0.2) is 9.67 Å². The van der Waals surface area contributed by atoms with E-state index in [2.05, 4.69) is 40.5 Å². The topological polar surface area (TPSA) is 78.3 Å². The van der Waals surface area contributed by atoms with Gasteiger partial charge < -0.3 is 14.8 Å². The van der Waals surface area contributed by atoms with Gasteiger partial charge in [0.2, 0.25) is 5.91 Å². The van der Waals surface area contributed by atoms with E-state index < -0.39 is 0 Å². The Morgan fingerprint density at radius 1 is 1.09 bits per heavy atom. The van der Waals surface area contributed by atoms with Crippen LogP contribution in [0, 0.1) is 13.8 Å². The summed E-state index contributed by atoms with van der Waals surface area (Å²) in [5, 5.41) is 8.62.